The molecular formula is C17H26N2O2S. The third kappa shape index (κ3) is 3.89. The summed E-state index contributed by atoms with van der Waals surface area (Å²) < 4.78 is 5.23. The van der Waals surface area contributed by atoms with Crippen molar-refractivity contribution < 1.29 is 9.53 Å². The Kier molecular flexibility index (Phi) is 5.50. The third-order valence-electron chi connectivity index (χ3n) is 4.93. The van der Waals surface area contributed by atoms with Crippen molar-refractivity contribution in [3.8, 4) is 0 Å². The molecule has 0 aromatic carbocycles. The molecule has 2 bridgehead atoms. The van der Waals surface area contributed by atoms with Crippen molar-refractivity contribution in [3.63, 3.8) is 0 Å². The van der Waals surface area contributed by atoms with Crippen molar-refractivity contribution in [3.05, 3.63) is 22.4 Å². The zero-order chi connectivity index (χ0) is 15.4. The van der Waals surface area contributed by atoms with Crippen molar-refractivity contribution in [2.24, 2.45) is 5.92 Å². The number of aryl methyl sites for hydroxylation is 1. The monoisotopic (exact) mass is 322 g/mol. The van der Waals surface area contributed by atoms with Gasteiger partial charge in [0.15, 0.2) is 0 Å². The molecule has 4 rings (SSSR count). The standard InChI is InChI=1S/C17H26N2O2S/c1-21-9-8-18-11-14-4-5-15(18)13-19(12-14)17(20)7-6-16-3-2-10-22-16/h2-3,10,14-15H,4-9,11-13H2,1H3/t14-,15-/m0/s1. The number of hydrogen-bond donors (Lipinski definition) is 0. The zero-order valence-electron chi connectivity index (χ0n) is 13.4. The number of carbonyl (C=O) groups excluding carboxylic acids is 1. The van der Waals surface area contributed by atoms with Gasteiger partial charge in [0.05, 0.1) is 6.61 Å². The van der Waals surface area contributed by atoms with Gasteiger partial charge in [-0.25, -0.2) is 0 Å². The Labute approximate surface area is 137 Å². The van der Waals surface area contributed by atoms with E-state index in [-0.39, 0.29) is 0 Å². The van der Waals surface area contributed by atoms with Gasteiger partial charge in [-0.2, -0.15) is 0 Å². The Morgan fingerprint density at radius 1 is 1.36 bits per heavy atom. The van der Waals surface area contributed by atoms with Crippen molar-refractivity contribution >= 4 is 17.2 Å². The lowest BCUT2D eigenvalue weighted by molar-refractivity contribution is -0.131. The Bertz CT molecular complexity index is 477. The quantitative estimate of drug-likeness (QED) is 0.805. The molecule has 3 aliphatic rings. The van der Waals surface area contributed by atoms with Crippen LogP contribution in [0.15, 0.2) is 17.5 Å². The summed E-state index contributed by atoms with van der Waals surface area (Å²) in [6.07, 6.45) is 4.03. The number of hydrogen-bond acceptors (Lipinski definition) is 4. The Morgan fingerprint density at radius 3 is 3.05 bits per heavy atom. The molecule has 4 nitrogen and oxygen atoms in total. The van der Waals surface area contributed by atoms with Crippen molar-refractivity contribution in [2.45, 2.75) is 31.7 Å². The van der Waals surface area contributed by atoms with Crippen LogP contribution in [0.25, 0.3) is 0 Å². The van der Waals surface area contributed by atoms with Gasteiger partial charge in [-0.05, 0) is 36.6 Å². The van der Waals surface area contributed by atoms with Crippen LogP contribution in [0.5, 0.6) is 0 Å². The molecule has 1 aromatic rings. The van der Waals surface area contributed by atoms with Crippen molar-refractivity contribution in [2.75, 3.05) is 39.9 Å². The molecule has 0 aliphatic carbocycles. The first-order chi connectivity index (χ1) is 10.8. The number of nitrogens with zero attached hydrogens (tertiary/aromatic N) is 2. The molecule has 4 heterocycles. The van der Waals surface area contributed by atoms with E-state index in [1.807, 2.05) is 0 Å². The maximum Gasteiger partial charge on any atom is 0.222 e. The molecule has 1 aromatic heterocycles. The van der Waals surface area contributed by atoms with Gasteiger partial charge in [-0.3, -0.25) is 9.69 Å². The summed E-state index contributed by atoms with van der Waals surface area (Å²) in [7, 11) is 1.76. The summed E-state index contributed by atoms with van der Waals surface area (Å²) in [6, 6.07) is 4.71. The second-order valence-electron chi connectivity index (χ2n) is 6.46. The number of fused-ring (bicyclic) bond motifs is 4. The SMILES string of the molecule is COCCN1C[C@@H]2CC[C@H]1CN(C(=O)CCc1cccs1)C2. The summed E-state index contributed by atoms with van der Waals surface area (Å²) in [5.74, 6) is 0.972. The van der Waals surface area contributed by atoms with Crippen LogP contribution in [-0.2, 0) is 16.0 Å². The summed E-state index contributed by atoms with van der Waals surface area (Å²) in [6.45, 7) is 4.76. The highest BCUT2D eigenvalue weighted by atomic mass is 32.1. The van der Waals surface area contributed by atoms with Crippen LogP contribution < -0.4 is 0 Å². The first kappa shape index (κ1) is 16.0. The minimum atomic E-state index is 0.332. The normalized spacial score (nSPS) is 25.4. The van der Waals surface area contributed by atoms with Crippen LogP contribution in [0.4, 0.5) is 0 Å². The van der Waals surface area contributed by atoms with E-state index in [2.05, 4.69) is 27.3 Å². The molecule has 3 saturated heterocycles. The van der Waals surface area contributed by atoms with Crippen LogP contribution in [0.3, 0.4) is 0 Å². The highest BCUT2D eigenvalue weighted by Gasteiger charge is 2.35. The molecular weight excluding hydrogens is 296 g/mol. The number of methoxy groups -OCH3 is 1. The van der Waals surface area contributed by atoms with E-state index in [0.717, 1.165) is 39.2 Å². The van der Waals surface area contributed by atoms with Gasteiger partial charge >= 0.3 is 0 Å². The Hall–Kier alpha value is -0.910. The Balaban J connectivity index is 1.55. The molecule has 0 saturated carbocycles. The molecule has 0 spiro atoms. The van der Waals surface area contributed by atoms with Gasteiger partial charge in [-0.1, -0.05) is 6.07 Å². The second kappa shape index (κ2) is 7.57. The largest absolute Gasteiger partial charge is 0.383 e. The summed E-state index contributed by atoms with van der Waals surface area (Å²) in [4.78, 5) is 18.5. The van der Waals surface area contributed by atoms with E-state index in [1.54, 1.807) is 18.4 Å². The molecule has 0 unspecified atom stereocenters. The van der Waals surface area contributed by atoms with Crippen molar-refractivity contribution in [1.29, 1.82) is 0 Å². The summed E-state index contributed by atoms with van der Waals surface area (Å²) in [5, 5.41) is 2.08. The van der Waals surface area contributed by atoms with Gasteiger partial charge in [-0.15, -0.1) is 11.3 Å². The average molecular weight is 322 g/mol. The highest BCUT2D eigenvalue weighted by Crippen LogP contribution is 2.28. The first-order valence-corrected chi connectivity index (χ1v) is 9.17. The predicted molar refractivity (Wildman–Crippen MR) is 89.2 cm³/mol. The van der Waals surface area contributed by atoms with Crippen LogP contribution in [-0.4, -0.2) is 61.6 Å². The molecule has 122 valence electrons. The zero-order valence-corrected chi connectivity index (χ0v) is 14.2. The van der Waals surface area contributed by atoms with E-state index in [1.165, 1.54) is 17.7 Å². The minimum absolute atomic E-state index is 0.332. The van der Waals surface area contributed by atoms with Gasteiger partial charge in [0, 0.05) is 50.6 Å². The second-order valence-corrected chi connectivity index (χ2v) is 7.50. The summed E-state index contributed by atoms with van der Waals surface area (Å²) in [5.41, 5.74) is 0. The fourth-order valence-electron chi connectivity index (χ4n) is 3.71. The highest BCUT2D eigenvalue weighted by molar-refractivity contribution is 7.09. The molecule has 0 N–H and O–H groups in total. The number of piperidine rings is 1. The lowest BCUT2D eigenvalue weighted by Crippen LogP contribution is -2.45. The van der Waals surface area contributed by atoms with Gasteiger partial charge in [0.1, 0.15) is 0 Å². The van der Waals surface area contributed by atoms with E-state index in [9.17, 15) is 4.79 Å². The number of thiophene rings is 1. The van der Waals surface area contributed by atoms with Crippen LogP contribution in [0.1, 0.15) is 24.1 Å². The van der Waals surface area contributed by atoms with Crippen molar-refractivity contribution in [1.82, 2.24) is 9.80 Å². The van der Waals surface area contributed by atoms with Crippen LogP contribution in [0.2, 0.25) is 0 Å². The van der Waals surface area contributed by atoms with Crippen LogP contribution in [0, 0.1) is 5.92 Å². The fourth-order valence-corrected chi connectivity index (χ4v) is 4.42. The first-order valence-electron chi connectivity index (χ1n) is 8.29. The number of rotatable bonds is 6. The third-order valence-corrected chi connectivity index (χ3v) is 5.86. The van der Waals surface area contributed by atoms with E-state index >= 15 is 0 Å². The lowest BCUT2D eigenvalue weighted by atomic mass is 9.95. The topological polar surface area (TPSA) is 32.8 Å². The van der Waals surface area contributed by atoms with E-state index in [4.69, 9.17) is 4.74 Å². The average Bonchev–Trinajstić information content (AvgIpc) is 2.89. The predicted octanol–water partition coefficient (Wildman–Crippen LogP) is 2.25. The molecule has 5 heteroatoms. The minimum Gasteiger partial charge on any atom is -0.383 e. The van der Waals surface area contributed by atoms with Gasteiger partial charge in [0.25, 0.3) is 0 Å². The van der Waals surface area contributed by atoms with Gasteiger partial charge in [0.2, 0.25) is 5.91 Å². The number of amides is 1. The van der Waals surface area contributed by atoms with E-state index in [0.29, 0.717) is 24.3 Å². The lowest BCUT2D eigenvalue weighted by Gasteiger charge is -2.35. The molecule has 3 aliphatic heterocycles. The van der Waals surface area contributed by atoms with Gasteiger partial charge < -0.3 is 9.64 Å². The fraction of sp³-hybridized carbons (Fsp3) is 0.706. The molecule has 22 heavy (non-hydrogen) atoms. The number of ether oxygens (including phenoxy) is 1. The molecule has 2 atom stereocenters. The van der Waals surface area contributed by atoms with Crippen LogP contribution >= 0.6 is 11.3 Å². The molecule has 0 radical (unpaired) electrons. The smallest absolute Gasteiger partial charge is 0.222 e. The van der Waals surface area contributed by atoms with E-state index < -0.39 is 0 Å². The Morgan fingerprint density at radius 2 is 2.27 bits per heavy atom. The maximum atomic E-state index is 12.6. The summed E-state index contributed by atoms with van der Waals surface area (Å²) >= 11 is 1.75. The molecule has 3 fully saturated rings. The number of carbonyl (C=O) groups is 1. The maximum absolute atomic E-state index is 12.6. The molecule has 1 amide bonds.